The fourth-order valence-corrected chi connectivity index (χ4v) is 3.26. The zero-order chi connectivity index (χ0) is 10.9. The fraction of sp³-hybridized carbons (Fsp3) is 0.429. The van der Waals surface area contributed by atoms with Crippen molar-refractivity contribution < 1.29 is 0 Å². The molecule has 0 N–H and O–H groups in total. The molecule has 0 radical (unpaired) electrons. The Morgan fingerprint density at radius 3 is 2.20 bits per heavy atom. The minimum Gasteiger partial charge on any atom is -0.0910 e. The van der Waals surface area contributed by atoms with Gasteiger partial charge in [0.1, 0.15) is 0 Å². The van der Waals surface area contributed by atoms with Crippen LogP contribution in [0.5, 0.6) is 0 Å². The number of rotatable bonds is 3. The van der Waals surface area contributed by atoms with Crippen molar-refractivity contribution in [3.05, 3.63) is 41.6 Å². The third kappa shape index (κ3) is 3.06. The van der Waals surface area contributed by atoms with Gasteiger partial charge in [0, 0.05) is 0 Å². The number of hydrogen-bond acceptors (Lipinski definition) is 0. The summed E-state index contributed by atoms with van der Waals surface area (Å²) in [6.45, 7) is 7.24. The number of allylic oxidation sites excluding steroid dienone is 1. The summed E-state index contributed by atoms with van der Waals surface area (Å²) >= 11 is 0. The molecule has 1 aliphatic rings. The van der Waals surface area contributed by atoms with E-state index in [1.807, 2.05) is 0 Å². The van der Waals surface area contributed by atoms with Gasteiger partial charge in [-0.25, -0.2) is 0 Å². The van der Waals surface area contributed by atoms with E-state index in [1.165, 1.54) is 18.4 Å². The molecule has 1 aliphatic carbocycles. The maximum atomic E-state index is 2.58. The molecule has 0 spiro atoms. The Hall–Kier alpha value is -0.823. The molecule has 0 bridgehead atoms. The van der Waals surface area contributed by atoms with E-state index in [0.29, 0.717) is 0 Å². The van der Waals surface area contributed by atoms with E-state index in [0.717, 1.165) is 5.92 Å². The summed E-state index contributed by atoms with van der Waals surface area (Å²) in [6, 6.07) is 10.9. The van der Waals surface area contributed by atoms with Crippen LogP contribution < -0.4 is 0 Å². The van der Waals surface area contributed by atoms with Crippen LogP contribution in [0.25, 0.3) is 5.57 Å². The smallest absolute Gasteiger partial charge is 0.0691 e. The normalized spacial score (nSPS) is 17.9. The molecule has 1 fully saturated rings. The molecule has 15 heavy (non-hydrogen) atoms. The highest BCUT2D eigenvalue weighted by molar-refractivity contribution is 6.81. The Morgan fingerprint density at radius 1 is 1.13 bits per heavy atom. The van der Waals surface area contributed by atoms with Crippen LogP contribution in [0.1, 0.15) is 18.4 Å². The monoisotopic (exact) mass is 216 g/mol. The van der Waals surface area contributed by atoms with Crippen molar-refractivity contribution in [3.63, 3.8) is 0 Å². The average Bonchev–Trinajstić information content (AvgIpc) is 2.97. The molecule has 0 atom stereocenters. The molecule has 0 unspecified atom stereocenters. The first-order valence-electron chi connectivity index (χ1n) is 5.84. The molecule has 0 aromatic heterocycles. The standard InChI is InChI=1S/C14H20Si/c1-15(2,3)11-14(13-9-10-13)12-7-5-4-6-8-12/h4-8,11,13H,9-10H2,1-3H3/b14-11+. The Balaban J connectivity index is 2.32. The molecule has 1 heteroatoms. The molecular weight excluding hydrogens is 196 g/mol. The van der Waals surface area contributed by atoms with E-state index in [-0.39, 0.29) is 0 Å². The minimum atomic E-state index is -1.09. The lowest BCUT2D eigenvalue weighted by Crippen LogP contribution is -2.17. The van der Waals surface area contributed by atoms with E-state index >= 15 is 0 Å². The quantitative estimate of drug-likeness (QED) is 0.659. The lowest BCUT2D eigenvalue weighted by Gasteiger charge is -2.14. The van der Waals surface area contributed by atoms with Crippen LogP contribution in [0.4, 0.5) is 0 Å². The van der Waals surface area contributed by atoms with Crippen molar-refractivity contribution >= 4 is 13.6 Å². The topological polar surface area (TPSA) is 0 Å². The van der Waals surface area contributed by atoms with Crippen molar-refractivity contribution in [3.8, 4) is 0 Å². The first kappa shape index (κ1) is 10.7. The summed E-state index contributed by atoms with van der Waals surface area (Å²) in [4.78, 5) is 0. The lowest BCUT2D eigenvalue weighted by molar-refractivity contribution is 1.15. The van der Waals surface area contributed by atoms with Crippen LogP contribution in [0, 0.1) is 5.92 Å². The molecule has 0 heterocycles. The lowest BCUT2D eigenvalue weighted by atomic mass is 10.0. The predicted octanol–water partition coefficient (Wildman–Crippen LogP) is 4.36. The van der Waals surface area contributed by atoms with Crippen LogP contribution in [-0.4, -0.2) is 8.07 Å². The summed E-state index contributed by atoms with van der Waals surface area (Å²) in [6.07, 6.45) is 2.79. The van der Waals surface area contributed by atoms with Crippen LogP contribution >= 0.6 is 0 Å². The van der Waals surface area contributed by atoms with Crippen molar-refractivity contribution in [2.45, 2.75) is 32.5 Å². The molecule has 1 aromatic carbocycles. The van der Waals surface area contributed by atoms with Gasteiger partial charge in [-0.15, -0.1) is 0 Å². The highest BCUT2D eigenvalue weighted by Gasteiger charge is 2.28. The van der Waals surface area contributed by atoms with Gasteiger partial charge >= 0.3 is 0 Å². The first-order chi connectivity index (χ1) is 7.06. The van der Waals surface area contributed by atoms with Gasteiger partial charge in [0.15, 0.2) is 0 Å². The summed E-state index contributed by atoms with van der Waals surface area (Å²) in [7, 11) is -1.09. The Labute approximate surface area is 94.0 Å². The van der Waals surface area contributed by atoms with Crippen molar-refractivity contribution in [1.29, 1.82) is 0 Å². The van der Waals surface area contributed by atoms with E-state index in [2.05, 4.69) is 55.7 Å². The van der Waals surface area contributed by atoms with Crippen molar-refractivity contribution in [1.82, 2.24) is 0 Å². The second-order valence-electron chi connectivity index (χ2n) is 5.61. The van der Waals surface area contributed by atoms with E-state index in [4.69, 9.17) is 0 Å². The molecule has 80 valence electrons. The van der Waals surface area contributed by atoms with E-state index < -0.39 is 8.07 Å². The van der Waals surface area contributed by atoms with Crippen LogP contribution in [0.15, 0.2) is 36.0 Å². The second-order valence-corrected chi connectivity index (χ2v) is 10.6. The summed E-state index contributed by atoms with van der Waals surface area (Å²) in [5.74, 6) is 0.860. The van der Waals surface area contributed by atoms with Gasteiger partial charge in [0.05, 0.1) is 8.07 Å². The van der Waals surface area contributed by atoms with Gasteiger partial charge in [0.2, 0.25) is 0 Å². The predicted molar refractivity (Wildman–Crippen MR) is 70.5 cm³/mol. The van der Waals surface area contributed by atoms with Gasteiger partial charge in [-0.2, -0.15) is 0 Å². The van der Waals surface area contributed by atoms with Crippen molar-refractivity contribution in [2.24, 2.45) is 5.92 Å². The Bertz CT molecular complexity index is 353. The van der Waals surface area contributed by atoms with Crippen LogP contribution in [-0.2, 0) is 0 Å². The van der Waals surface area contributed by atoms with E-state index in [9.17, 15) is 0 Å². The van der Waals surface area contributed by atoms with E-state index in [1.54, 1.807) is 5.57 Å². The molecule has 2 rings (SSSR count). The molecular formula is C14H20Si. The van der Waals surface area contributed by atoms with Gasteiger partial charge in [-0.05, 0) is 29.9 Å². The zero-order valence-electron chi connectivity index (χ0n) is 9.96. The highest BCUT2D eigenvalue weighted by atomic mass is 28.3. The molecule has 0 nitrogen and oxygen atoms in total. The van der Waals surface area contributed by atoms with Gasteiger partial charge in [-0.1, -0.05) is 55.7 Å². The summed E-state index contributed by atoms with van der Waals surface area (Å²) in [5, 5.41) is 0. The van der Waals surface area contributed by atoms with Crippen molar-refractivity contribution in [2.75, 3.05) is 0 Å². The number of benzene rings is 1. The maximum Gasteiger partial charge on any atom is 0.0691 e. The maximum absolute atomic E-state index is 2.58. The third-order valence-electron chi connectivity index (χ3n) is 2.71. The Kier molecular flexibility index (Phi) is 2.83. The molecule has 0 saturated heterocycles. The van der Waals surface area contributed by atoms with Gasteiger partial charge in [0.25, 0.3) is 0 Å². The summed E-state index contributed by atoms with van der Waals surface area (Å²) in [5.41, 5.74) is 5.65. The third-order valence-corrected chi connectivity index (χ3v) is 3.89. The number of hydrogen-bond donors (Lipinski definition) is 0. The van der Waals surface area contributed by atoms with Gasteiger partial charge in [-0.3, -0.25) is 0 Å². The SMILES string of the molecule is C[Si](C)(C)/C=C(\c1ccccc1)C1CC1. The Morgan fingerprint density at radius 2 is 1.73 bits per heavy atom. The molecule has 0 aliphatic heterocycles. The highest BCUT2D eigenvalue weighted by Crippen LogP contribution is 2.42. The minimum absolute atomic E-state index is 0.860. The van der Waals surface area contributed by atoms with Gasteiger partial charge < -0.3 is 0 Å². The summed E-state index contributed by atoms with van der Waals surface area (Å²) < 4.78 is 0. The largest absolute Gasteiger partial charge is 0.0910 e. The fourth-order valence-electron chi connectivity index (χ4n) is 1.93. The zero-order valence-corrected chi connectivity index (χ0v) is 11.0. The van der Waals surface area contributed by atoms with Crippen LogP contribution in [0.3, 0.4) is 0 Å². The first-order valence-corrected chi connectivity index (χ1v) is 9.42. The second kappa shape index (κ2) is 3.97. The molecule has 1 aromatic rings. The van der Waals surface area contributed by atoms with Crippen LogP contribution in [0.2, 0.25) is 19.6 Å². The average molecular weight is 216 g/mol. The molecule has 1 saturated carbocycles. The molecule has 0 amide bonds.